The quantitative estimate of drug-likeness (QED) is 0.734. The number of carbonyl (C=O) groups excluding carboxylic acids is 1. The number of hydrogen-bond acceptors (Lipinski definition) is 3. The van der Waals surface area contributed by atoms with Crippen molar-refractivity contribution in [2.75, 3.05) is 7.05 Å². The van der Waals surface area contributed by atoms with E-state index in [2.05, 4.69) is 20.5 Å². The van der Waals surface area contributed by atoms with Gasteiger partial charge in [0.1, 0.15) is 12.2 Å². The highest BCUT2D eigenvalue weighted by molar-refractivity contribution is 5.73. The summed E-state index contributed by atoms with van der Waals surface area (Å²) in [6.07, 6.45) is 1.42. The summed E-state index contributed by atoms with van der Waals surface area (Å²) in [5.41, 5.74) is 0. The number of nitrogens with one attached hydrogen (secondary N) is 2. The largest absolute Gasteiger partial charge is 0.336 e. The zero-order valence-electron chi connectivity index (χ0n) is 8.61. The summed E-state index contributed by atoms with van der Waals surface area (Å²) in [5, 5.41) is 9.17. The molecular weight excluding hydrogens is 182 g/mol. The molecule has 0 bridgehead atoms. The first kappa shape index (κ1) is 10.5. The summed E-state index contributed by atoms with van der Waals surface area (Å²) >= 11 is 0. The van der Waals surface area contributed by atoms with Gasteiger partial charge in [-0.2, -0.15) is 5.10 Å². The highest BCUT2D eigenvalue weighted by atomic mass is 16.2. The molecule has 0 aliphatic heterocycles. The van der Waals surface area contributed by atoms with Crippen LogP contribution in [0.15, 0.2) is 6.33 Å². The molecule has 0 unspecified atom stereocenters. The Labute approximate surface area is 82.7 Å². The zero-order chi connectivity index (χ0) is 10.6. The SMILES string of the molecule is CC(C)NC(=O)N(C)Cc1ncn[nH]1. The standard InChI is InChI=1S/C8H15N5O/c1-6(2)11-8(14)13(3)4-7-9-5-10-12-7/h5-6H,4H2,1-3H3,(H,11,14)(H,9,10,12). The minimum Gasteiger partial charge on any atom is -0.336 e. The molecule has 78 valence electrons. The van der Waals surface area contributed by atoms with Gasteiger partial charge >= 0.3 is 6.03 Å². The number of hydrogen-bond donors (Lipinski definition) is 2. The number of aromatic nitrogens is 3. The monoisotopic (exact) mass is 197 g/mol. The van der Waals surface area contributed by atoms with Crippen LogP contribution >= 0.6 is 0 Å². The average Bonchev–Trinajstić information content (AvgIpc) is 2.55. The summed E-state index contributed by atoms with van der Waals surface area (Å²) in [4.78, 5) is 16.9. The molecule has 6 nitrogen and oxygen atoms in total. The van der Waals surface area contributed by atoms with Crippen LogP contribution < -0.4 is 5.32 Å². The molecule has 0 aromatic carbocycles. The third-order valence-corrected chi connectivity index (χ3v) is 1.61. The van der Waals surface area contributed by atoms with Gasteiger partial charge in [0.05, 0.1) is 6.54 Å². The molecule has 0 spiro atoms. The molecule has 0 saturated carbocycles. The van der Waals surface area contributed by atoms with Crippen LogP contribution in [-0.4, -0.2) is 39.2 Å². The third kappa shape index (κ3) is 3.04. The Morgan fingerprint density at radius 3 is 2.93 bits per heavy atom. The second-order valence-corrected chi connectivity index (χ2v) is 3.39. The Kier molecular flexibility index (Phi) is 3.44. The van der Waals surface area contributed by atoms with E-state index >= 15 is 0 Å². The zero-order valence-corrected chi connectivity index (χ0v) is 8.61. The van der Waals surface area contributed by atoms with Gasteiger partial charge < -0.3 is 10.2 Å². The van der Waals surface area contributed by atoms with Crippen molar-refractivity contribution in [3.63, 3.8) is 0 Å². The Hall–Kier alpha value is -1.59. The number of rotatable bonds is 3. The van der Waals surface area contributed by atoms with Crippen LogP contribution in [-0.2, 0) is 6.54 Å². The molecular formula is C8H15N5O. The van der Waals surface area contributed by atoms with Crippen molar-refractivity contribution in [1.82, 2.24) is 25.4 Å². The van der Waals surface area contributed by atoms with Crippen molar-refractivity contribution >= 4 is 6.03 Å². The molecule has 0 aliphatic carbocycles. The summed E-state index contributed by atoms with van der Waals surface area (Å²) in [7, 11) is 1.71. The van der Waals surface area contributed by atoms with Gasteiger partial charge in [-0.25, -0.2) is 9.78 Å². The van der Waals surface area contributed by atoms with Crippen molar-refractivity contribution in [3.8, 4) is 0 Å². The number of urea groups is 1. The van der Waals surface area contributed by atoms with Gasteiger partial charge in [0.25, 0.3) is 0 Å². The van der Waals surface area contributed by atoms with Crippen LogP contribution in [0.5, 0.6) is 0 Å². The lowest BCUT2D eigenvalue weighted by molar-refractivity contribution is 0.203. The summed E-state index contributed by atoms with van der Waals surface area (Å²) in [6.45, 7) is 4.26. The number of H-pyrrole nitrogens is 1. The molecule has 14 heavy (non-hydrogen) atoms. The van der Waals surface area contributed by atoms with Crippen molar-refractivity contribution in [2.45, 2.75) is 26.4 Å². The molecule has 0 fully saturated rings. The lowest BCUT2D eigenvalue weighted by Crippen LogP contribution is -2.40. The van der Waals surface area contributed by atoms with Gasteiger partial charge in [0.2, 0.25) is 0 Å². The highest BCUT2D eigenvalue weighted by Gasteiger charge is 2.10. The van der Waals surface area contributed by atoms with E-state index in [1.165, 1.54) is 6.33 Å². The number of nitrogens with zero attached hydrogens (tertiary/aromatic N) is 3. The molecule has 0 saturated heterocycles. The van der Waals surface area contributed by atoms with E-state index in [-0.39, 0.29) is 12.1 Å². The predicted octanol–water partition coefficient (Wildman–Crippen LogP) is 0.354. The molecule has 2 N–H and O–H groups in total. The summed E-state index contributed by atoms with van der Waals surface area (Å²) in [5.74, 6) is 0.673. The maximum atomic E-state index is 11.4. The first-order valence-electron chi connectivity index (χ1n) is 4.45. The van der Waals surface area contributed by atoms with Crippen LogP contribution in [0.4, 0.5) is 4.79 Å². The first-order chi connectivity index (χ1) is 6.59. The molecule has 1 aromatic rings. The summed E-state index contributed by atoms with van der Waals surface area (Å²) < 4.78 is 0. The normalized spacial score (nSPS) is 10.3. The lowest BCUT2D eigenvalue weighted by atomic mass is 10.4. The molecule has 0 aliphatic rings. The van der Waals surface area contributed by atoms with E-state index in [4.69, 9.17) is 0 Å². The lowest BCUT2D eigenvalue weighted by Gasteiger charge is -2.18. The van der Waals surface area contributed by atoms with Gasteiger partial charge in [-0.15, -0.1) is 0 Å². The topological polar surface area (TPSA) is 73.9 Å². The van der Waals surface area contributed by atoms with Gasteiger partial charge in [0.15, 0.2) is 0 Å². The number of aromatic amines is 1. The minimum atomic E-state index is -0.114. The van der Waals surface area contributed by atoms with E-state index < -0.39 is 0 Å². The van der Waals surface area contributed by atoms with Gasteiger partial charge in [-0.1, -0.05) is 0 Å². The van der Waals surface area contributed by atoms with Gasteiger partial charge in [0, 0.05) is 13.1 Å². The van der Waals surface area contributed by atoms with E-state index in [1.807, 2.05) is 13.8 Å². The molecule has 0 radical (unpaired) electrons. The number of amides is 2. The van der Waals surface area contributed by atoms with Gasteiger partial charge in [-0.3, -0.25) is 5.10 Å². The van der Waals surface area contributed by atoms with Crippen LogP contribution in [0.3, 0.4) is 0 Å². The summed E-state index contributed by atoms with van der Waals surface area (Å²) in [6, 6.07) is 0.0241. The van der Waals surface area contributed by atoms with Crippen LogP contribution in [0.25, 0.3) is 0 Å². The van der Waals surface area contributed by atoms with Crippen molar-refractivity contribution in [1.29, 1.82) is 0 Å². The molecule has 1 aromatic heterocycles. The molecule has 2 amide bonds. The fourth-order valence-corrected chi connectivity index (χ4v) is 0.961. The van der Waals surface area contributed by atoms with E-state index in [0.29, 0.717) is 12.4 Å². The Bertz CT molecular complexity index is 282. The Balaban J connectivity index is 2.42. The fraction of sp³-hybridized carbons (Fsp3) is 0.625. The van der Waals surface area contributed by atoms with E-state index in [0.717, 1.165) is 0 Å². The first-order valence-corrected chi connectivity index (χ1v) is 4.45. The van der Waals surface area contributed by atoms with E-state index in [9.17, 15) is 4.79 Å². The van der Waals surface area contributed by atoms with Gasteiger partial charge in [-0.05, 0) is 13.8 Å². The molecule has 0 atom stereocenters. The highest BCUT2D eigenvalue weighted by Crippen LogP contribution is 1.94. The fourth-order valence-electron chi connectivity index (χ4n) is 0.961. The molecule has 1 rings (SSSR count). The van der Waals surface area contributed by atoms with Crippen LogP contribution in [0.2, 0.25) is 0 Å². The minimum absolute atomic E-state index is 0.114. The maximum absolute atomic E-state index is 11.4. The van der Waals surface area contributed by atoms with Crippen molar-refractivity contribution in [3.05, 3.63) is 12.2 Å². The maximum Gasteiger partial charge on any atom is 0.317 e. The van der Waals surface area contributed by atoms with Crippen molar-refractivity contribution in [2.24, 2.45) is 0 Å². The number of carbonyl (C=O) groups is 1. The second kappa shape index (κ2) is 4.59. The average molecular weight is 197 g/mol. The van der Waals surface area contributed by atoms with Crippen LogP contribution in [0.1, 0.15) is 19.7 Å². The smallest absolute Gasteiger partial charge is 0.317 e. The third-order valence-electron chi connectivity index (χ3n) is 1.61. The Morgan fingerprint density at radius 1 is 1.71 bits per heavy atom. The molecule has 6 heteroatoms. The van der Waals surface area contributed by atoms with E-state index in [1.54, 1.807) is 11.9 Å². The molecule has 1 heterocycles. The second-order valence-electron chi connectivity index (χ2n) is 3.39. The van der Waals surface area contributed by atoms with Crippen molar-refractivity contribution < 1.29 is 4.79 Å². The Morgan fingerprint density at radius 2 is 2.43 bits per heavy atom. The van der Waals surface area contributed by atoms with Crippen LogP contribution in [0, 0.1) is 0 Å². The predicted molar refractivity (Wildman–Crippen MR) is 51.5 cm³/mol.